The maximum atomic E-state index is 13.1. The van der Waals surface area contributed by atoms with Crippen LogP contribution < -0.4 is 4.72 Å². The molecule has 0 radical (unpaired) electrons. The van der Waals surface area contributed by atoms with Crippen LogP contribution in [-0.2, 0) is 25.9 Å². The van der Waals surface area contributed by atoms with Crippen molar-refractivity contribution in [1.82, 2.24) is 24.7 Å². The molecule has 1 N–H and O–H groups in total. The molecule has 2 unspecified atom stereocenters. The molecular formula is C17H22ClF3N6O4S. The standard InChI is InChI=1S/C17H22ClF3N6O4S/c1-10(14(30-2)15-22-8-11(18)9-23-15)32(28,29)26-16-25-24-13(7-17(19,20)21)27(16)12-3-5-31-6-4-12/h8-10,12,14H,3-7H2,1-2H3,(H,25,26). The van der Waals surface area contributed by atoms with E-state index >= 15 is 0 Å². The Balaban J connectivity index is 1.90. The Morgan fingerprint density at radius 2 is 1.91 bits per heavy atom. The fourth-order valence-corrected chi connectivity index (χ4v) is 4.61. The Kier molecular flexibility index (Phi) is 7.57. The van der Waals surface area contributed by atoms with Crippen LogP contribution in [0.15, 0.2) is 12.4 Å². The van der Waals surface area contributed by atoms with E-state index in [1.165, 1.54) is 31.0 Å². The lowest BCUT2D eigenvalue weighted by Gasteiger charge is -2.27. The van der Waals surface area contributed by atoms with Gasteiger partial charge in [0.05, 0.1) is 5.02 Å². The number of nitrogens with zero attached hydrogens (tertiary/aromatic N) is 5. The van der Waals surface area contributed by atoms with Crippen molar-refractivity contribution in [3.05, 3.63) is 29.1 Å². The number of aromatic nitrogens is 5. The summed E-state index contributed by atoms with van der Waals surface area (Å²) in [6.07, 6.45) is -3.56. The predicted molar refractivity (Wildman–Crippen MR) is 108 cm³/mol. The molecule has 2 aromatic rings. The molecule has 0 saturated carbocycles. The lowest BCUT2D eigenvalue weighted by molar-refractivity contribution is -0.129. The number of alkyl halides is 3. The maximum absolute atomic E-state index is 13.1. The zero-order valence-electron chi connectivity index (χ0n) is 17.2. The summed E-state index contributed by atoms with van der Waals surface area (Å²) in [5.41, 5.74) is 0. The fraction of sp³-hybridized carbons (Fsp3) is 0.647. The van der Waals surface area contributed by atoms with E-state index < -0.39 is 40.0 Å². The van der Waals surface area contributed by atoms with Crippen molar-refractivity contribution in [3.8, 4) is 0 Å². The van der Waals surface area contributed by atoms with Gasteiger partial charge < -0.3 is 9.47 Å². The van der Waals surface area contributed by atoms with Gasteiger partial charge >= 0.3 is 6.18 Å². The second-order valence-electron chi connectivity index (χ2n) is 7.21. The summed E-state index contributed by atoms with van der Waals surface area (Å²) in [6, 6.07) is -0.443. The van der Waals surface area contributed by atoms with E-state index in [4.69, 9.17) is 21.1 Å². The monoisotopic (exact) mass is 498 g/mol. The Labute approximate surface area is 187 Å². The first-order valence-electron chi connectivity index (χ1n) is 9.62. The van der Waals surface area contributed by atoms with Gasteiger partial charge in [-0.25, -0.2) is 18.4 Å². The molecule has 10 nitrogen and oxygen atoms in total. The number of anilines is 1. The number of methoxy groups -OCH3 is 1. The lowest BCUT2D eigenvalue weighted by atomic mass is 10.1. The number of hydrogen-bond acceptors (Lipinski definition) is 8. The molecule has 1 fully saturated rings. The van der Waals surface area contributed by atoms with Crippen LogP contribution in [-0.4, -0.2) is 64.9 Å². The Hall–Kier alpha value is -2.03. The van der Waals surface area contributed by atoms with E-state index in [0.717, 1.165) is 0 Å². The van der Waals surface area contributed by atoms with E-state index in [-0.39, 0.29) is 22.6 Å². The Morgan fingerprint density at radius 3 is 2.47 bits per heavy atom. The van der Waals surface area contributed by atoms with Gasteiger partial charge in [-0.2, -0.15) is 13.2 Å². The topological polar surface area (TPSA) is 121 Å². The highest BCUT2D eigenvalue weighted by atomic mass is 35.5. The number of sulfonamides is 1. The molecule has 3 rings (SSSR count). The summed E-state index contributed by atoms with van der Waals surface area (Å²) in [7, 11) is -2.91. The highest BCUT2D eigenvalue weighted by molar-refractivity contribution is 7.93. The summed E-state index contributed by atoms with van der Waals surface area (Å²) in [5.74, 6) is -0.590. The highest BCUT2D eigenvalue weighted by Gasteiger charge is 2.37. The average Bonchev–Trinajstić information content (AvgIpc) is 3.10. The van der Waals surface area contributed by atoms with Crippen LogP contribution in [0.4, 0.5) is 19.1 Å². The number of ether oxygens (including phenoxy) is 2. The van der Waals surface area contributed by atoms with Gasteiger partial charge in [0.1, 0.15) is 23.6 Å². The molecule has 15 heteroatoms. The van der Waals surface area contributed by atoms with Crippen molar-refractivity contribution in [2.24, 2.45) is 0 Å². The molecule has 32 heavy (non-hydrogen) atoms. The zero-order valence-corrected chi connectivity index (χ0v) is 18.8. The Bertz CT molecular complexity index is 1010. The van der Waals surface area contributed by atoms with Crippen LogP contribution >= 0.6 is 11.6 Å². The maximum Gasteiger partial charge on any atom is 0.396 e. The van der Waals surface area contributed by atoms with Gasteiger partial charge in [-0.15, -0.1) is 10.2 Å². The average molecular weight is 499 g/mol. The molecule has 2 aromatic heterocycles. The molecular weight excluding hydrogens is 477 g/mol. The van der Waals surface area contributed by atoms with Crippen LogP contribution in [0, 0.1) is 0 Å². The van der Waals surface area contributed by atoms with E-state index in [9.17, 15) is 21.6 Å². The molecule has 0 bridgehead atoms. The van der Waals surface area contributed by atoms with E-state index in [1.54, 1.807) is 0 Å². The molecule has 0 aliphatic carbocycles. The second kappa shape index (κ2) is 9.85. The number of nitrogens with one attached hydrogen (secondary N) is 1. The van der Waals surface area contributed by atoms with E-state index in [1.807, 2.05) is 0 Å². The van der Waals surface area contributed by atoms with Crippen molar-refractivity contribution in [2.75, 3.05) is 25.0 Å². The quantitative estimate of drug-likeness (QED) is 0.589. The van der Waals surface area contributed by atoms with Gasteiger partial charge in [0.25, 0.3) is 0 Å². The summed E-state index contributed by atoms with van der Waals surface area (Å²) in [5, 5.41) is 6.35. The molecule has 1 aliphatic rings. The second-order valence-corrected chi connectivity index (χ2v) is 9.69. The van der Waals surface area contributed by atoms with Crippen LogP contribution in [0.2, 0.25) is 5.02 Å². The zero-order chi connectivity index (χ0) is 23.5. The smallest absolute Gasteiger partial charge is 0.381 e. The summed E-state index contributed by atoms with van der Waals surface area (Å²) >= 11 is 5.77. The minimum Gasteiger partial charge on any atom is -0.381 e. The molecule has 2 atom stereocenters. The normalized spacial score (nSPS) is 17.8. The van der Waals surface area contributed by atoms with Crippen LogP contribution in [0.3, 0.4) is 0 Å². The first-order chi connectivity index (χ1) is 15.0. The molecule has 1 saturated heterocycles. The first-order valence-corrected chi connectivity index (χ1v) is 11.5. The van der Waals surface area contributed by atoms with E-state index in [0.29, 0.717) is 26.1 Å². The van der Waals surface area contributed by atoms with Crippen molar-refractivity contribution in [3.63, 3.8) is 0 Å². The minimum atomic E-state index is -4.54. The number of rotatable bonds is 8. The third-order valence-corrected chi connectivity index (χ3v) is 6.87. The van der Waals surface area contributed by atoms with Gasteiger partial charge in [-0.3, -0.25) is 9.29 Å². The van der Waals surface area contributed by atoms with Gasteiger partial charge in [-0.1, -0.05) is 11.6 Å². The molecule has 0 aromatic carbocycles. The Morgan fingerprint density at radius 1 is 1.28 bits per heavy atom. The van der Waals surface area contributed by atoms with Gasteiger partial charge in [0.15, 0.2) is 5.82 Å². The van der Waals surface area contributed by atoms with Gasteiger partial charge in [0.2, 0.25) is 16.0 Å². The van der Waals surface area contributed by atoms with Crippen molar-refractivity contribution in [2.45, 2.75) is 49.8 Å². The predicted octanol–water partition coefficient (Wildman–Crippen LogP) is 2.70. The number of hydrogen-bond donors (Lipinski definition) is 1. The van der Waals surface area contributed by atoms with Crippen LogP contribution in [0.1, 0.15) is 43.6 Å². The molecule has 3 heterocycles. The van der Waals surface area contributed by atoms with Gasteiger partial charge in [0, 0.05) is 38.8 Å². The number of halogens is 4. The summed E-state index contributed by atoms with van der Waals surface area (Å²) < 4.78 is 79.3. The molecule has 0 amide bonds. The SMILES string of the molecule is COC(c1ncc(Cl)cn1)C(C)S(=O)(=O)Nc1nnc(CC(F)(F)F)n1C1CCOCC1. The third-order valence-electron chi connectivity index (χ3n) is 4.98. The highest BCUT2D eigenvalue weighted by Crippen LogP contribution is 2.31. The van der Waals surface area contributed by atoms with Crippen molar-refractivity contribution >= 4 is 27.6 Å². The lowest BCUT2D eigenvalue weighted by Crippen LogP contribution is -2.34. The van der Waals surface area contributed by atoms with Crippen molar-refractivity contribution < 1.29 is 31.1 Å². The van der Waals surface area contributed by atoms with Crippen LogP contribution in [0.25, 0.3) is 0 Å². The summed E-state index contributed by atoms with van der Waals surface area (Å²) in [6.45, 7) is 2.02. The fourth-order valence-electron chi connectivity index (χ4n) is 3.38. The van der Waals surface area contributed by atoms with E-state index in [2.05, 4.69) is 24.9 Å². The van der Waals surface area contributed by atoms with Gasteiger partial charge in [-0.05, 0) is 19.8 Å². The van der Waals surface area contributed by atoms with Crippen molar-refractivity contribution in [1.29, 1.82) is 0 Å². The molecule has 0 spiro atoms. The molecule has 178 valence electrons. The summed E-state index contributed by atoms with van der Waals surface area (Å²) in [4.78, 5) is 7.99. The van der Waals surface area contributed by atoms with Crippen LogP contribution in [0.5, 0.6) is 0 Å². The minimum absolute atomic E-state index is 0.0819. The third kappa shape index (κ3) is 5.85. The first kappa shape index (κ1) is 24.6. The largest absolute Gasteiger partial charge is 0.396 e. The molecule has 1 aliphatic heterocycles.